The van der Waals surface area contributed by atoms with Crippen molar-refractivity contribution in [3.05, 3.63) is 70.1 Å². The molecule has 0 unspecified atom stereocenters. The zero-order chi connectivity index (χ0) is 22.5. The number of fused-ring (bicyclic) bond motifs is 1. The van der Waals surface area contributed by atoms with Crippen LogP contribution in [0.3, 0.4) is 0 Å². The lowest BCUT2D eigenvalue weighted by Crippen LogP contribution is -2.46. The van der Waals surface area contributed by atoms with Crippen LogP contribution in [0.25, 0.3) is 11.0 Å². The van der Waals surface area contributed by atoms with Gasteiger partial charge < -0.3 is 24.9 Å². The number of benzene rings is 2. The summed E-state index contributed by atoms with van der Waals surface area (Å²) in [5, 5.41) is 3.14. The molecule has 0 aliphatic rings. The van der Waals surface area contributed by atoms with Crippen molar-refractivity contribution in [2.24, 2.45) is 5.73 Å². The number of rotatable bonds is 7. The van der Waals surface area contributed by atoms with Gasteiger partial charge in [0.15, 0.2) is 0 Å². The van der Waals surface area contributed by atoms with Crippen molar-refractivity contribution in [3.8, 4) is 11.5 Å². The first kappa shape index (κ1) is 21.6. The fourth-order valence-electron chi connectivity index (χ4n) is 3.06. The average Bonchev–Trinajstić information content (AvgIpc) is 2.72. The molecule has 9 nitrogen and oxygen atoms in total. The van der Waals surface area contributed by atoms with E-state index in [0.29, 0.717) is 16.7 Å². The smallest absolute Gasteiger partial charge is 0.336 e. The molecule has 0 radical (unpaired) electrons. The van der Waals surface area contributed by atoms with E-state index in [9.17, 15) is 19.2 Å². The molecule has 9 heteroatoms. The van der Waals surface area contributed by atoms with Gasteiger partial charge in [0.2, 0.25) is 5.91 Å². The summed E-state index contributed by atoms with van der Waals surface area (Å²) in [6, 6.07) is 11.0. The predicted molar refractivity (Wildman–Crippen MR) is 111 cm³/mol. The van der Waals surface area contributed by atoms with E-state index in [1.165, 1.54) is 44.4 Å². The molecule has 31 heavy (non-hydrogen) atoms. The van der Waals surface area contributed by atoms with Gasteiger partial charge in [-0.25, -0.2) is 4.79 Å². The summed E-state index contributed by atoms with van der Waals surface area (Å²) in [5.74, 6) is -1.21. The van der Waals surface area contributed by atoms with Crippen LogP contribution in [0, 0.1) is 0 Å². The minimum atomic E-state index is -1.10. The Bertz CT molecular complexity index is 1220. The first-order valence-corrected chi connectivity index (χ1v) is 9.26. The van der Waals surface area contributed by atoms with Crippen molar-refractivity contribution < 1.29 is 28.3 Å². The molecule has 0 fully saturated rings. The van der Waals surface area contributed by atoms with E-state index in [0.717, 1.165) is 0 Å². The predicted octanol–water partition coefficient (Wildman–Crippen LogP) is 1.55. The second kappa shape index (κ2) is 9.12. The molecular formula is C22H20N2O7. The molecule has 0 bridgehead atoms. The lowest BCUT2D eigenvalue weighted by atomic mass is 10.0. The summed E-state index contributed by atoms with van der Waals surface area (Å²) in [7, 11) is 1.48. The summed E-state index contributed by atoms with van der Waals surface area (Å²) in [5.41, 5.74) is 5.81. The molecule has 1 aromatic heterocycles. The van der Waals surface area contributed by atoms with Gasteiger partial charge in [-0.1, -0.05) is 6.07 Å². The lowest BCUT2D eigenvalue weighted by Gasteiger charge is -2.17. The highest BCUT2D eigenvalue weighted by molar-refractivity contribution is 5.98. The van der Waals surface area contributed by atoms with Gasteiger partial charge in [0.25, 0.3) is 5.91 Å². The van der Waals surface area contributed by atoms with Crippen LogP contribution in [-0.4, -0.2) is 30.9 Å². The minimum absolute atomic E-state index is 0.0286. The molecule has 1 heterocycles. The molecule has 0 spiro atoms. The third-order valence-corrected chi connectivity index (χ3v) is 4.47. The van der Waals surface area contributed by atoms with Gasteiger partial charge >= 0.3 is 11.6 Å². The van der Waals surface area contributed by atoms with Crippen molar-refractivity contribution in [2.45, 2.75) is 19.4 Å². The molecule has 3 aromatic rings. The number of carbonyl (C=O) groups excluding carboxylic acids is 3. The van der Waals surface area contributed by atoms with E-state index in [2.05, 4.69) is 5.32 Å². The molecule has 3 N–H and O–H groups in total. The van der Waals surface area contributed by atoms with Crippen molar-refractivity contribution >= 4 is 28.8 Å². The summed E-state index contributed by atoms with van der Waals surface area (Å²) in [6.07, 6.45) is -0.0286. The summed E-state index contributed by atoms with van der Waals surface area (Å²) >= 11 is 0. The number of nitrogens with two attached hydrogens (primary N) is 1. The fourth-order valence-corrected chi connectivity index (χ4v) is 3.06. The van der Waals surface area contributed by atoms with Gasteiger partial charge in [-0.3, -0.25) is 14.4 Å². The quantitative estimate of drug-likeness (QED) is 0.333. The van der Waals surface area contributed by atoms with Crippen molar-refractivity contribution in [3.63, 3.8) is 0 Å². The molecule has 160 valence electrons. The van der Waals surface area contributed by atoms with Crippen LogP contribution < -0.4 is 26.1 Å². The number of carbonyl (C=O) groups is 3. The first-order valence-electron chi connectivity index (χ1n) is 9.26. The SMILES string of the molecule is COc1ccc2c(C[C@H](NC(=O)c3cccc(OC(C)=O)c3)C(N)=O)cc(=O)oc2c1. The van der Waals surface area contributed by atoms with Crippen LogP contribution in [-0.2, 0) is 16.0 Å². The minimum Gasteiger partial charge on any atom is -0.497 e. The van der Waals surface area contributed by atoms with Crippen LogP contribution in [0.1, 0.15) is 22.8 Å². The molecule has 1 atom stereocenters. The maximum Gasteiger partial charge on any atom is 0.336 e. The summed E-state index contributed by atoms with van der Waals surface area (Å²) in [6.45, 7) is 1.24. The third kappa shape index (κ3) is 5.27. The van der Waals surface area contributed by atoms with E-state index >= 15 is 0 Å². The lowest BCUT2D eigenvalue weighted by molar-refractivity contribution is -0.131. The summed E-state index contributed by atoms with van der Waals surface area (Å²) < 4.78 is 15.3. The number of esters is 1. The van der Waals surface area contributed by atoms with E-state index in [1.54, 1.807) is 18.2 Å². The van der Waals surface area contributed by atoms with Crippen LogP contribution in [0.2, 0.25) is 0 Å². The van der Waals surface area contributed by atoms with Crippen molar-refractivity contribution in [1.82, 2.24) is 5.32 Å². The van der Waals surface area contributed by atoms with Crippen LogP contribution in [0.15, 0.2) is 57.7 Å². The molecule has 0 aliphatic heterocycles. The van der Waals surface area contributed by atoms with Gasteiger partial charge in [0.1, 0.15) is 23.1 Å². The Morgan fingerprint density at radius 2 is 1.87 bits per heavy atom. The normalized spacial score (nSPS) is 11.5. The number of amides is 2. The van der Waals surface area contributed by atoms with Gasteiger partial charge in [0, 0.05) is 36.4 Å². The van der Waals surface area contributed by atoms with Gasteiger partial charge in [-0.05, 0) is 35.9 Å². The zero-order valence-electron chi connectivity index (χ0n) is 16.8. The van der Waals surface area contributed by atoms with Gasteiger partial charge in [-0.15, -0.1) is 0 Å². The molecule has 2 amide bonds. The topological polar surface area (TPSA) is 138 Å². The number of primary amides is 1. The molecule has 0 aliphatic carbocycles. The average molecular weight is 424 g/mol. The van der Waals surface area contributed by atoms with E-state index < -0.39 is 29.5 Å². The number of hydrogen-bond donors (Lipinski definition) is 2. The van der Waals surface area contributed by atoms with Crippen LogP contribution in [0.5, 0.6) is 11.5 Å². The fraction of sp³-hybridized carbons (Fsp3) is 0.182. The second-order valence-electron chi connectivity index (χ2n) is 6.71. The molecule has 0 saturated heterocycles. The van der Waals surface area contributed by atoms with E-state index in [4.69, 9.17) is 19.6 Å². The highest BCUT2D eigenvalue weighted by Gasteiger charge is 2.22. The Morgan fingerprint density at radius 1 is 1.10 bits per heavy atom. The molecule has 2 aromatic carbocycles. The van der Waals surface area contributed by atoms with E-state index in [-0.39, 0.29) is 23.3 Å². The maximum atomic E-state index is 12.6. The Hall–Kier alpha value is -4.14. The first-order chi connectivity index (χ1) is 14.8. The largest absolute Gasteiger partial charge is 0.497 e. The van der Waals surface area contributed by atoms with E-state index in [1.807, 2.05) is 0 Å². The van der Waals surface area contributed by atoms with Crippen molar-refractivity contribution in [1.29, 1.82) is 0 Å². The monoisotopic (exact) mass is 424 g/mol. The highest BCUT2D eigenvalue weighted by Crippen LogP contribution is 2.23. The zero-order valence-corrected chi connectivity index (χ0v) is 16.8. The Balaban J connectivity index is 1.87. The Labute approximate surface area is 176 Å². The summed E-state index contributed by atoms with van der Waals surface area (Å²) in [4.78, 5) is 47.8. The number of hydrogen-bond acceptors (Lipinski definition) is 7. The van der Waals surface area contributed by atoms with Crippen LogP contribution >= 0.6 is 0 Å². The second-order valence-corrected chi connectivity index (χ2v) is 6.71. The maximum absolute atomic E-state index is 12.6. The Morgan fingerprint density at radius 3 is 2.55 bits per heavy atom. The van der Waals surface area contributed by atoms with Crippen molar-refractivity contribution in [2.75, 3.05) is 7.11 Å². The molecule has 0 saturated carbocycles. The van der Waals surface area contributed by atoms with Crippen LogP contribution in [0.4, 0.5) is 0 Å². The number of nitrogens with one attached hydrogen (secondary N) is 1. The van der Waals surface area contributed by atoms with Gasteiger partial charge in [0.05, 0.1) is 7.11 Å². The Kier molecular flexibility index (Phi) is 6.35. The van der Waals surface area contributed by atoms with Gasteiger partial charge in [-0.2, -0.15) is 0 Å². The standard InChI is InChI=1S/C22H20N2O7/c1-12(25)30-16-5-3-4-13(8-16)22(28)24-18(21(23)27)9-14-10-20(26)31-19-11-15(29-2)6-7-17(14)19/h3-8,10-11,18H,9H2,1-2H3,(H2,23,27)(H,24,28)/t18-/m0/s1. The molecule has 3 rings (SSSR count). The number of methoxy groups -OCH3 is 1. The highest BCUT2D eigenvalue weighted by atomic mass is 16.5. The molecular weight excluding hydrogens is 404 g/mol. The third-order valence-electron chi connectivity index (χ3n) is 4.47. The number of ether oxygens (including phenoxy) is 2.